The minimum Gasteiger partial charge on any atom is -0.478 e. The fraction of sp³-hybridized carbons (Fsp3) is 0.375. The van der Waals surface area contributed by atoms with Crippen molar-refractivity contribution in [3.63, 3.8) is 0 Å². The average molecular weight is 586 g/mol. The Kier molecular flexibility index (Phi) is 8.08. The van der Waals surface area contributed by atoms with Gasteiger partial charge in [0.1, 0.15) is 18.2 Å². The fourth-order valence-electron chi connectivity index (χ4n) is 5.77. The number of imidazole rings is 1. The number of hydrogen-bond donors (Lipinski definition) is 2. The maximum atomic E-state index is 14.3. The van der Waals surface area contributed by atoms with Gasteiger partial charge < -0.3 is 24.3 Å². The number of halogens is 1. The van der Waals surface area contributed by atoms with Crippen LogP contribution in [0.1, 0.15) is 52.3 Å². The summed E-state index contributed by atoms with van der Waals surface area (Å²) >= 11 is 0. The SMILES string of the molecule is N#Cc1ccc(COc2cccc(C3(CO)CCN(Cc4nc5ccc(C(=O)O)cc5n4C[C@@H]4CCO4)CC3)n2)c(F)c1. The summed E-state index contributed by atoms with van der Waals surface area (Å²) in [7, 11) is 0. The number of carbonyl (C=O) groups is 1. The van der Waals surface area contributed by atoms with Gasteiger partial charge in [-0.05, 0) is 68.8 Å². The molecule has 4 aromatic rings. The smallest absolute Gasteiger partial charge is 0.335 e. The molecule has 2 saturated heterocycles. The lowest BCUT2D eigenvalue weighted by Crippen LogP contribution is -2.45. The highest BCUT2D eigenvalue weighted by Gasteiger charge is 2.38. The molecule has 1 atom stereocenters. The summed E-state index contributed by atoms with van der Waals surface area (Å²) in [4.78, 5) is 23.4. The first-order chi connectivity index (χ1) is 20.9. The van der Waals surface area contributed by atoms with Gasteiger partial charge in [-0.25, -0.2) is 19.2 Å². The van der Waals surface area contributed by atoms with E-state index in [1.807, 2.05) is 18.2 Å². The Morgan fingerprint density at radius 3 is 2.65 bits per heavy atom. The molecule has 2 aromatic carbocycles. The molecule has 222 valence electrons. The summed E-state index contributed by atoms with van der Waals surface area (Å²) in [5, 5.41) is 29.0. The summed E-state index contributed by atoms with van der Waals surface area (Å²) in [6, 6.07) is 16.6. The van der Waals surface area contributed by atoms with Crippen LogP contribution in [0.3, 0.4) is 0 Å². The van der Waals surface area contributed by atoms with Crippen LogP contribution in [0, 0.1) is 17.1 Å². The number of ether oxygens (including phenoxy) is 2. The Balaban J connectivity index is 1.15. The van der Waals surface area contributed by atoms with E-state index in [9.17, 15) is 19.4 Å². The van der Waals surface area contributed by atoms with E-state index in [4.69, 9.17) is 19.7 Å². The predicted molar refractivity (Wildman–Crippen MR) is 154 cm³/mol. The van der Waals surface area contributed by atoms with Crippen LogP contribution in [0.2, 0.25) is 0 Å². The van der Waals surface area contributed by atoms with E-state index in [2.05, 4.69) is 14.5 Å². The van der Waals surface area contributed by atoms with Gasteiger partial charge in [-0.15, -0.1) is 0 Å². The van der Waals surface area contributed by atoms with Crippen molar-refractivity contribution >= 4 is 17.0 Å². The zero-order valence-electron chi connectivity index (χ0n) is 23.6. The second-order valence-electron chi connectivity index (χ2n) is 11.2. The molecular formula is C32H32FN5O5. The second kappa shape index (κ2) is 12.1. The lowest BCUT2D eigenvalue weighted by molar-refractivity contribution is -0.0592. The summed E-state index contributed by atoms with van der Waals surface area (Å²) in [6.07, 6.45) is 2.37. The average Bonchev–Trinajstić information content (AvgIpc) is 3.34. The number of carboxylic acids is 1. The molecule has 2 aliphatic rings. The van der Waals surface area contributed by atoms with Gasteiger partial charge in [-0.1, -0.05) is 12.1 Å². The molecule has 0 spiro atoms. The molecule has 2 aliphatic heterocycles. The molecule has 0 amide bonds. The predicted octanol–water partition coefficient (Wildman–Crippen LogP) is 4.03. The van der Waals surface area contributed by atoms with Crippen LogP contribution >= 0.6 is 0 Å². The molecule has 2 N–H and O–H groups in total. The van der Waals surface area contributed by atoms with Crippen LogP contribution in [0.5, 0.6) is 5.88 Å². The Morgan fingerprint density at radius 2 is 1.98 bits per heavy atom. The number of aromatic carboxylic acids is 1. The Labute approximate surface area is 247 Å². The third-order valence-electron chi connectivity index (χ3n) is 8.56. The van der Waals surface area contributed by atoms with Crippen LogP contribution in [-0.2, 0) is 29.8 Å². The van der Waals surface area contributed by atoms with Crippen LogP contribution in [0.15, 0.2) is 54.6 Å². The number of nitriles is 1. The second-order valence-corrected chi connectivity index (χ2v) is 11.2. The van der Waals surface area contributed by atoms with Crippen LogP contribution < -0.4 is 4.74 Å². The number of aliphatic hydroxyl groups is 1. The van der Waals surface area contributed by atoms with Crippen LogP contribution in [-0.4, -0.2) is 68.0 Å². The van der Waals surface area contributed by atoms with Crippen molar-refractivity contribution in [3.8, 4) is 11.9 Å². The minimum atomic E-state index is -0.975. The molecule has 2 fully saturated rings. The number of hydrogen-bond acceptors (Lipinski definition) is 8. The van der Waals surface area contributed by atoms with Gasteiger partial charge in [0.2, 0.25) is 5.88 Å². The molecule has 4 heterocycles. The van der Waals surface area contributed by atoms with Gasteiger partial charge in [-0.3, -0.25) is 4.90 Å². The number of rotatable bonds is 10. The quantitative estimate of drug-likeness (QED) is 0.283. The summed E-state index contributed by atoms with van der Waals surface area (Å²) in [6.45, 7) is 3.23. The van der Waals surface area contributed by atoms with Gasteiger partial charge in [0.15, 0.2) is 0 Å². The largest absolute Gasteiger partial charge is 0.478 e. The highest BCUT2D eigenvalue weighted by molar-refractivity contribution is 5.92. The monoisotopic (exact) mass is 585 g/mol. The molecule has 43 heavy (non-hydrogen) atoms. The summed E-state index contributed by atoms with van der Waals surface area (Å²) in [5.74, 6) is -0.292. The Hall–Kier alpha value is -4.37. The number of likely N-dealkylation sites (tertiary alicyclic amines) is 1. The number of pyridine rings is 1. The third-order valence-corrected chi connectivity index (χ3v) is 8.56. The van der Waals surface area contributed by atoms with Gasteiger partial charge in [0.25, 0.3) is 0 Å². The molecular weight excluding hydrogens is 553 g/mol. The highest BCUT2D eigenvalue weighted by Crippen LogP contribution is 2.36. The number of benzene rings is 2. The van der Waals surface area contributed by atoms with Gasteiger partial charge in [0, 0.05) is 23.7 Å². The maximum absolute atomic E-state index is 14.3. The number of aliphatic hydroxyl groups excluding tert-OH is 1. The van der Waals surface area contributed by atoms with Crippen molar-refractivity contribution in [3.05, 3.63) is 88.6 Å². The van der Waals surface area contributed by atoms with Crippen LogP contribution in [0.4, 0.5) is 4.39 Å². The van der Waals surface area contributed by atoms with Gasteiger partial charge in [-0.2, -0.15) is 5.26 Å². The Morgan fingerprint density at radius 1 is 1.16 bits per heavy atom. The number of piperidine rings is 1. The first-order valence-electron chi connectivity index (χ1n) is 14.3. The van der Waals surface area contributed by atoms with Crippen molar-refractivity contribution in [2.45, 2.75) is 50.5 Å². The third kappa shape index (κ3) is 5.95. The normalized spacial score (nSPS) is 18.2. The maximum Gasteiger partial charge on any atom is 0.335 e. The van der Waals surface area contributed by atoms with Crippen molar-refractivity contribution in [2.75, 3.05) is 26.3 Å². The van der Waals surface area contributed by atoms with Crippen molar-refractivity contribution in [1.82, 2.24) is 19.4 Å². The van der Waals surface area contributed by atoms with Crippen LogP contribution in [0.25, 0.3) is 11.0 Å². The van der Waals surface area contributed by atoms with E-state index in [0.717, 1.165) is 35.6 Å². The molecule has 10 nitrogen and oxygen atoms in total. The van der Waals surface area contributed by atoms with E-state index >= 15 is 0 Å². The lowest BCUT2D eigenvalue weighted by Gasteiger charge is -2.40. The van der Waals surface area contributed by atoms with E-state index in [1.165, 1.54) is 12.1 Å². The van der Waals surface area contributed by atoms with E-state index in [0.29, 0.717) is 50.5 Å². The van der Waals surface area contributed by atoms with E-state index in [-0.39, 0.29) is 30.4 Å². The van der Waals surface area contributed by atoms with Gasteiger partial charge >= 0.3 is 5.97 Å². The minimum absolute atomic E-state index is 0.0330. The standard InChI is InChI=1S/C32H32FN5O5/c33-25-14-21(16-34)4-5-23(25)19-43-30-3-1-2-28(36-30)32(20-39)9-11-37(12-10-32)18-29-35-26-7-6-22(31(40)41)15-27(26)38(29)17-24-8-13-42-24/h1-7,14-15,24,39H,8-13,17-20H2,(H,40,41)/t24-/m0/s1. The topological polar surface area (TPSA) is 134 Å². The zero-order chi connectivity index (χ0) is 30.0. The van der Waals surface area contributed by atoms with Crippen molar-refractivity contribution in [1.29, 1.82) is 5.26 Å². The molecule has 0 radical (unpaired) electrons. The lowest BCUT2D eigenvalue weighted by atomic mass is 9.76. The summed E-state index contributed by atoms with van der Waals surface area (Å²) < 4.78 is 27.9. The highest BCUT2D eigenvalue weighted by atomic mass is 19.1. The fourth-order valence-corrected chi connectivity index (χ4v) is 5.77. The molecule has 0 aliphatic carbocycles. The van der Waals surface area contributed by atoms with E-state index in [1.54, 1.807) is 30.3 Å². The number of carboxylic acid groups (broad SMARTS) is 1. The molecule has 6 rings (SSSR count). The van der Waals surface area contributed by atoms with Crippen molar-refractivity contribution in [2.24, 2.45) is 0 Å². The van der Waals surface area contributed by atoms with E-state index < -0.39 is 17.2 Å². The number of nitrogens with zero attached hydrogens (tertiary/aromatic N) is 5. The molecule has 0 bridgehead atoms. The Bertz CT molecular complexity index is 1690. The van der Waals surface area contributed by atoms with Crippen molar-refractivity contribution < 1.29 is 28.9 Å². The molecule has 0 saturated carbocycles. The number of aromatic nitrogens is 3. The number of fused-ring (bicyclic) bond motifs is 1. The molecule has 0 unspecified atom stereocenters. The zero-order valence-corrected chi connectivity index (χ0v) is 23.6. The first kappa shape index (κ1) is 28.7. The first-order valence-corrected chi connectivity index (χ1v) is 14.3. The van der Waals surface area contributed by atoms with Gasteiger partial charge in [0.05, 0.1) is 59.7 Å². The molecule has 2 aromatic heterocycles. The summed E-state index contributed by atoms with van der Waals surface area (Å²) in [5.41, 5.74) is 2.51. The molecule has 11 heteroatoms.